The quantitative estimate of drug-likeness (QED) is 0.507. The van der Waals surface area contributed by atoms with Crippen molar-refractivity contribution in [2.24, 2.45) is 5.92 Å². The van der Waals surface area contributed by atoms with Gasteiger partial charge in [-0.3, -0.25) is 9.35 Å². The van der Waals surface area contributed by atoms with Crippen LogP contribution in [0.5, 0.6) is 0 Å². The molecule has 1 saturated heterocycles. The Morgan fingerprint density at radius 2 is 2.23 bits per heavy atom. The van der Waals surface area contributed by atoms with Crippen LogP contribution < -0.4 is 0 Å². The molecule has 0 spiro atoms. The Morgan fingerprint density at radius 3 is 2.62 bits per heavy atom. The third kappa shape index (κ3) is 3.17. The highest BCUT2D eigenvalue weighted by Gasteiger charge is 2.30. The van der Waals surface area contributed by atoms with Crippen molar-refractivity contribution < 1.29 is 17.8 Å². The highest BCUT2D eigenvalue weighted by molar-refractivity contribution is 7.85. The molecule has 13 heavy (non-hydrogen) atoms. The lowest BCUT2D eigenvalue weighted by Gasteiger charge is -2.13. The van der Waals surface area contributed by atoms with Gasteiger partial charge in [0.1, 0.15) is 5.88 Å². The Kier molecular flexibility index (Phi) is 3.20. The third-order valence-corrected chi connectivity index (χ3v) is 3.03. The lowest BCUT2D eigenvalue weighted by atomic mass is 10.1. The number of thiol groups is 1. The van der Waals surface area contributed by atoms with Crippen LogP contribution in [0.3, 0.4) is 0 Å². The van der Waals surface area contributed by atoms with Crippen molar-refractivity contribution in [3.8, 4) is 0 Å². The van der Waals surface area contributed by atoms with Crippen molar-refractivity contribution in [1.29, 1.82) is 0 Å². The molecule has 1 rings (SSSR count). The van der Waals surface area contributed by atoms with Crippen molar-refractivity contribution in [2.45, 2.75) is 6.42 Å². The van der Waals surface area contributed by atoms with Gasteiger partial charge in [-0.05, 0) is 11.7 Å². The van der Waals surface area contributed by atoms with E-state index in [-0.39, 0.29) is 11.8 Å². The highest BCUT2D eigenvalue weighted by atomic mass is 32.2. The Bertz CT molecular complexity index is 300. The molecule has 1 aliphatic heterocycles. The average molecular weight is 225 g/mol. The van der Waals surface area contributed by atoms with Gasteiger partial charge in [0.05, 0.1) is 0 Å². The summed E-state index contributed by atoms with van der Waals surface area (Å²) in [6, 6.07) is 0. The van der Waals surface area contributed by atoms with Crippen LogP contribution in [0.25, 0.3) is 0 Å². The van der Waals surface area contributed by atoms with E-state index in [1.165, 1.54) is 0 Å². The van der Waals surface area contributed by atoms with Gasteiger partial charge in [-0.2, -0.15) is 21.0 Å². The molecule has 1 amide bonds. The third-order valence-electron chi connectivity index (χ3n) is 1.87. The minimum absolute atomic E-state index is 0.0950. The van der Waals surface area contributed by atoms with Crippen LogP contribution in [-0.2, 0) is 14.9 Å². The van der Waals surface area contributed by atoms with E-state index < -0.39 is 16.0 Å². The zero-order valence-electron chi connectivity index (χ0n) is 6.88. The van der Waals surface area contributed by atoms with Gasteiger partial charge in [0, 0.05) is 13.0 Å². The predicted molar refractivity (Wildman–Crippen MR) is 50.1 cm³/mol. The maximum atomic E-state index is 11.1. The van der Waals surface area contributed by atoms with Crippen molar-refractivity contribution in [3.05, 3.63) is 0 Å². The molecule has 76 valence electrons. The molecule has 0 aromatic carbocycles. The summed E-state index contributed by atoms with van der Waals surface area (Å²) in [6.45, 7) is 0.363. The maximum absolute atomic E-state index is 11.1. The molecule has 0 radical (unpaired) electrons. The van der Waals surface area contributed by atoms with E-state index in [4.69, 9.17) is 4.55 Å². The van der Waals surface area contributed by atoms with Crippen LogP contribution in [0.1, 0.15) is 6.42 Å². The average Bonchev–Trinajstić information content (AvgIpc) is 2.29. The summed E-state index contributed by atoms with van der Waals surface area (Å²) in [5.41, 5.74) is 0. The van der Waals surface area contributed by atoms with E-state index in [0.29, 0.717) is 18.7 Å². The van der Waals surface area contributed by atoms with E-state index >= 15 is 0 Å². The number of nitrogens with zero attached hydrogens (tertiary/aromatic N) is 1. The number of hydrogen-bond acceptors (Lipinski definition) is 4. The number of hydrogen-bond donors (Lipinski definition) is 2. The fraction of sp³-hybridized carbons (Fsp3) is 0.833. The van der Waals surface area contributed by atoms with Crippen LogP contribution >= 0.6 is 12.6 Å². The number of carbonyl (C=O) groups is 1. The second kappa shape index (κ2) is 3.85. The van der Waals surface area contributed by atoms with Gasteiger partial charge in [-0.15, -0.1) is 0 Å². The standard InChI is InChI=1S/C6H11NO4S2/c8-6-1-5(3-12)2-7(6)4-13(9,10)11/h5,12H,1-4H2,(H,9,10,11). The minimum atomic E-state index is -4.09. The van der Waals surface area contributed by atoms with Gasteiger partial charge in [0.25, 0.3) is 10.1 Å². The molecule has 1 atom stereocenters. The van der Waals surface area contributed by atoms with E-state index in [1.807, 2.05) is 0 Å². The molecule has 5 nitrogen and oxygen atoms in total. The molecular weight excluding hydrogens is 214 g/mol. The summed E-state index contributed by atoms with van der Waals surface area (Å²) in [4.78, 5) is 12.3. The summed E-state index contributed by atoms with van der Waals surface area (Å²) in [5.74, 6) is -0.196. The summed E-state index contributed by atoms with van der Waals surface area (Å²) in [7, 11) is -4.09. The molecule has 1 heterocycles. The van der Waals surface area contributed by atoms with Crippen molar-refractivity contribution in [3.63, 3.8) is 0 Å². The summed E-state index contributed by atoms with van der Waals surface area (Å²) in [5, 5.41) is 0. The monoisotopic (exact) mass is 225 g/mol. The lowest BCUT2D eigenvalue weighted by Crippen LogP contribution is -2.31. The zero-order valence-corrected chi connectivity index (χ0v) is 8.59. The van der Waals surface area contributed by atoms with Gasteiger partial charge >= 0.3 is 0 Å². The topological polar surface area (TPSA) is 74.7 Å². The Labute approximate surface area is 82.3 Å². The molecule has 7 heteroatoms. The zero-order chi connectivity index (χ0) is 10.1. The molecule has 0 bridgehead atoms. The fourth-order valence-electron chi connectivity index (χ4n) is 1.30. The van der Waals surface area contributed by atoms with E-state index in [0.717, 1.165) is 4.90 Å². The molecular formula is C6H11NO4S2. The molecule has 0 aliphatic carbocycles. The van der Waals surface area contributed by atoms with Crippen LogP contribution in [0.15, 0.2) is 0 Å². The van der Waals surface area contributed by atoms with Gasteiger partial charge in [0.15, 0.2) is 0 Å². The van der Waals surface area contributed by atoms with Crippen LogP contribution in [0, 0.1) is 5.92 Å². The van der Waals surface area contributed by atoms with Gasteiger partial charge in [-0.25, -0.2) is 0 Å². The number of amides is 1. The first-order valence-electron chi connectivity index (χ1n) is 3.76. The van der Waals surface area contributed by atoms with Crippen molar-refractivity contribution in [2.75, 3.05) is 18.2 Å². The number of rotatable bonds is 3. The summed E-state index contributed by atoms with van der Waals surface area (Å²) < 4.78 is 29.5. The van der Waals surface area contributed by atoms with Gasteiger partial charge < -0.3 is 4.90 Å². The molecule has 1 unspecified atom stereocenters. The minimum Gasteiger partial charge on any atom is -0.326 e. The van der Waals surface area contributed by atoms with Gasteiger partial charge in [0.2, 0.25) is 5.91 Å². The molecule has 0 aromatic rings. The molecule has 0 aromatic heterocycles. The van der Waals surface area contributed by atoms with E-state index in [9.17, 15) is 13.2 Å². The molecule has 0 saturated carbocycles. The van der Waals surface area contributed by atoms with Crippen LogP contribution in [0.2, 0.25) is 0 Å². The predicted octanol–water partition coefficient (Wildman–Crippen LogP) is -0.390. The molecule has 1 fully saturated rings. The normalized spacial score (nSPS) is 24.0. The van der Waals surface area contributed by atoms with Crippen LogP contribution in [0.4, 0.5) is 0 Å². The van der Waals surface area contributed by atoms with Crippen molar-refractivity contribution in [1.82, 2.24) is 4.90 Å². The van der Waals surface area contributed by atoms with Crippen LogP contribution in [-0.4, -0.2) is 42.0 Å². The van der Waals surface area contributed by atoms with Crippen molar-refractivity contribution >= 4 is 28.7 Å². The highest BCUT2D eigenvalue weighted by Crippen LogP contribution is 2.18. The largest absolute Gasteiger partial charge is 0.326 e. The Hall–Kier alpha value is -0.270. The second-order valence-corrected chi connectivity index (χ2v) is 4.87. The smallest absolute Gasteiger partial charge is 0.283 e. The lowest BCUT2D eigenvalue weighted by molar-refractivity contribution is -0.127. The second-order valence-electron chi connectivity index (χ2n) is 3.08. The van der Waals surface area contributed by atoms with E-state index in [2.05, 4.69) is 12.6 Å². The first-order valence-corrected chi connectivity index (χ1v) is 6.00. The first kappa shape index (κ1) is 10.8. The number of likely N-dealkylation sites (tertiary alicyclic amines) is 1. The van der Waals surface area contributed by atoms with E-state index in [1.54, 1.807) is 0 Å². The Balaban J connectivity index is 2.59. The molecule has 1 aliphatic rings. The summed E-state index contributed by atoms with van der Waals surface area (Å²) in [6.07, 6.45) is 0.318. The number of carbonyl (C=O) groups excluding carboxylic acids is 1. The fourth-order valence-corrected chi connectivity index (χ4v) is 2.19. The summed E-state index contributed by atoms with van der Waals surface area (Å²) >= 11 is 4.02. The molecule has 1 N–H and O–H groups in total. The first-order chi connectivity index (χ1) is 5.92. The van der Waals surface area contributed by atoms with Gasteiger partial charge in [-0.1, -0.05) is 0 Å². The Morgan fingerprint density at radius 1 is 1.62 bits per heavy atom. The maximum Gasteiger partial charge on any atom is 0.283 e. The SMILES string of the molecule is O=C1CC(CS)CN1CS(=O)(=O)O.